The normalized spacial score (nSPS) is 11.3. The first kappa shape index (κ1) is 21.2. The highest BCUT2D eigenvalue weighted by Gasteiger charge is 2.24. The molecule has 27 heavy (non-hydrogen) atoms. The molecular formula is C23H35N3O. The van der Waals surface area contributed by atoms with Crippen molar-refractivity contribution in [1.82, 2.24) is 9.47 Å². The van der Waals surface area contributed by atoms with Crippen LogP contribution >= 0.6 is 0 Å². The van der Waals surface area contributed by atoms with Gasteiger partial charge in [-0.15, -0.1) is 0 Å². The van der Waals surface area contributed by atoms with E-state index in [1.165, 1.54) is 24.1 Å². The predicted molar refractivity (Wildman–Crippen MR) is 114 cm³/mol. The molecule has 0 saturated carbocycles. The molecule has 148 valence electrons. The fourth-order valence-corrected chi connectivity index (χ4v) is 3.78. The van der Waals surface area contributed by atoms with Gasteiger partial charge in [-0.05, 0) is 59.3 Å². The van der Waals surface area contributed by atoms with Gasteiger partial charge in [0.15, 0.2) is 0 Å². The van der Waals surface area contributed by atoms with Crippen molar-refractivity contribution in [2.24, 2.45) is 5.73 Å². The maximum absolute atomic E-state index is 12.4. The Balaban J connectivity index is 2.55. The van der Waals surface area contributed by atoms with E-state index in [9.17, 15) is 4.79 Å². The van der Waals surface area contributed by atoms with Gasteiger partial charge in [0.1, 0.15) is 0 Å². The van der Waals surface area contributed by atoms with E-state index in [-0.39, 0.29) is 5.91 Å². The number of carbonyl (C=O) groups is 1. The zero-order valence-corrected chi connectivity index (χ0v) is 17.6. The fraction of sp³-hybridized carbons (Fsp3) is 0.522. The minimum atomic E-state index is -0.328. The van der Waals surface area contributed by atoms with Crippen molar-refractivity contribution < 1.29 is 4.79 Å². The second kappa shape index (κ2) is 9.75. The smallest absolute Gasteiger partial charge is 0.251 e. The maximum Gasteiger partial charge on any atom is 0.251 e. The van der Waals surface area contributed by atoms with Crippen LogP contribution in [0.4, 0.5) is 0 Å². The van der Waals surface area contributed by atoms with Gasteiger partial charge in [0, 0.05) is 23.5 Å². The number of primary amides is 1. The van der Waals surface area contributed by atoms with Crippen molar-refractivity contribution in [1.29, 1.82) is 0 Å². The summed E-state index contributed by atoms with van der Waals surface area (Å²) < 4.78 is 2.34. The molecule has 2 N–H and O–H groups in total. The van der Waals surface area contributed by atoms with Crippen molar-refractivity contribution in [3.63, 3.8) is 0 Å². The van der Waals surface area contributed by atoms with Gasteiger partial charge in [-0.2, -0.15) is 0 Å². The van der Waals surface area contributed by atoms with E-state index in [2.05, 4.69) is 61.7 Å². The summed E-state index contributed by atoms with van der Waals surface area (Å²) in [6, 6.07) is 8.44. The number of carbonyl (C=O) groups excluding carboxylic acids is 1. The second-order valence-corrected chi connectivity index (χ2v) is 7.78. The van der Waals surface area contributed by atoms with E-state index in [4.69, 9.17) is 5.73 Å². The highest BCUT2D eigenvalue weighted by atomic mass is 16.1. The molecule has 1 aromatic carbocycles. The third-order valence-electron chi connectivity index (χ3n) is 5.22. The zero-order chi connectivity index (χ0) is 20.0. The number of benzene rings is 1. The Morgan fingerprint density at radius 1 is 1.07 bits per heavy atom. The molecule has 1 amide bonds. The summed E-state index contributed by atoms with van der Waals surface area (Å²) in [4.78, 5) is 14.6. The molecule has 0 radical (unpaired) electrons. The molecular weight excluding hydrogens is 334 g/mol. The summed E-state index contributed by atoms with van der Waals surface area (Å²) >= 11 is 0. The number of amides is 1. The Bertz CT molecular complexity index is 757. The molecule has 0 aliphatic heterocycles. The van der Waals surface area contributed by atoms with Gasteiger partial charge in [0.2, 0.25) is 0 Å². The van der Waals surface area contributed by atoms with Crippen LogP contribution in [-0.4, -0.2) is 36.0 Å². The largest absolute Gasteiger partial charge is 0.366 e. The Kier molecular flexibility index (Phi) is 7.66. The molecule has 0 aliphatic rings. The molecule has 0 unspecified atom stereocenters. The lowest BCUT2D eigenvalue weighted by Crippen LogP contribution is -2.17. The Morgan fingerprint density at radius 3 is 2.30 bits per heavy atom. The van der Waals surface area contributed by atoms with Crippen molar-refractivity contribution >= 4 is 5.91 Å². The molecule has 0 aliphatic carbocycles. The standard InChI is InChI=1S/C23H35N3O/c1-6-7-8-10-20-22(19-13-11-17(2)12-14-19)21(23(24)27)18(3)26(20)16-9-15-25(4)5/h11-14H,6-10,15-16H2,1-5H3,(H2,24,27). The molecule has 4 heteroatoms. The van der Waals surface area contributed by atoms with E-state index in [0.29, 0.717) is 5.56 Å². The van der Waals surface area contributed by atoms with Crippen molar-refractivity contribution in [2.75, 3.05) is 20.6 Å². The van der Waals surface area contributed by atoms with Crippen LogP contribution in [0.15, 0.2) is 24.3 Å². The number of aromatic nitrogens is 1. The highest BCUT2D eigenvalue weighted by Crippen LogP contribution is 2.34. The minimum Gasteiger partial charge on any atom is -0.366 e. The quantitative estimate of drug-likeness (QED) is 0.624. The first-order valence-corrected chi connectivity index (χ1v) is 10.1. The third-order valence-corrected chi connectivity index (χ3v) is 5.22. The Hall–Kier alpha value is -2.07. The number of hydrogen-bond acceptors (Lipinski definition) is 2. The van der Waals surface area contributed by atoms with Crippen molar-refractivity contribution in [3.8, 4) is 11.1 Å². The molecule has 2 rings (SSSR count). The summed E-state index contributed by atoms with van der Waals surface area (Å²) in [6.07, 6.45) is 5.54. The monoisotopic (exact) mass is 369 g/mol. The van der Waals surface area contributed by atoms with Crippen LogP contribution in [0.25, 0.3) is 11.1 Å². The zero-order valence-electron chi connectivity index (χ0n) is 17.6. The lowest BCUT2D eigenvalue weighted by molar-refractivity contribution is 0.1000. The van der Waals surface area contributed by atoms with Gasteiger partial charge < -0.3 is 15.2 Å². The molecule has 4 nitrogen and oxygen atoms in total. The van der Waals surface area contributed by atoms with Crippen LogP contribution < -0.4 is 5.73 Å². The highest BCUT2D eigenvalue weighted by molar-refractivity contribution is 6.02. The van der Waals surface area contributed by atoms with Gasteiger partial charge in [0.25, 0.3) is 5.91 Å². The predicted octanol–water partition coefficient (Wildman–Crippen LogP) is 4.56. The molecule has 1 aromatic heterocycles. The summed E-state index contributed by atoms with van der Waals surface area (Å²) in [5.41, 5.74) is 12.1. The van der Waals surface area contributed by atoms with Gasteiger partial charge in [-0.3, -0.25) is 4.79 Å². The summed E-state index contributed by atoms with van der Waals surface area (Å²) in [5.74, 6) is -0.328. The van der Waals surface area contributed by atoms with E-state index in [1.807, 2.05) is 6.92 Å². The van der Waals surface area contributed by atoms with Gasteiger partial charge in [0.05, 0.1) is 5.56 Å². The van der Waals surface area contributed by atoms with Crippen LogP contribution in [0.2, 0.25) is 0 Å². The summed E-state index contributed by atoms with van der Waals surface area (Å²) in [5, 5.41) is 0. The van der Waals surface area contributed by atoms with Crippen LogP contribution in [0, 0.1) is 13.8 Å². The molecule has 0 bridgehead atoms. The topological polar surface area (TPSA) is 51.3 Å². The van der Waals surface area contributed by atoms with Crippen LogP contribution in [0.5, 0.6) is 0 Å². The van der Waals surface area contributed by atoms with Crippen LogP contribution in [0.3, 0.4) is 0 Å². The fourth-order valence-electron chi connectivity index (χ4n) is 3.78. The van der Waals surface area contributed by atoms with Crippen LogP contribution in [-0.2, 0) is 13.0 Å². The second-order valence-electron chi connectivity index (χ2n) is 7.78. The molecule has 0 atom stereocenters. The number of aryl methyl sites for hydroxylation is 1. The maximum atomic E-state index is 12.4. The number of nitrogens with two attached hydrogens (primary N) is 1. The molecule has 0 fully saturated rings. The van der Waals surface area contributed by atoms with Crippen molar-refractivity contribution in [3.05, 3.63) is 46.8 Å². The summed E-state index contributed by atoms with van der Waals surface area (Å²) in [7, 11) is 4.19. The van der Waals surface area contributed by atoms with E-state index < -0.39 is 0 Å². The number of hydrogen-bond donors (Lipinski definition) is 1. The minimum absolute atomic E-state index is 0.328. The van der Waals surface area contributed by atoms with Gasteiger partial charge >= 0.3 is 0 Å². The lowest BCUT2D eigenvalue weighted by atomic mass is 9.96. The Morgan fingerprint density at radius 2 is 1.74 bits per heavy atom. The Labute approximate surface area is 164 Å². The van der Waals surface area contributed by atoms with E-state index in [1.54, 1.807) is 0 Å². The molecule has 2 aromatic rings. The summed E-state index contributed by atoms with van der Waals surface area (Å²) in [6.45, 7) is 8.28. The van der Waals surface area contributed by atoms with E-state index >= 15 is 0 Å². The first-order valence-electron chi connectivity index (χ1n) is 10.1. The SMILES string of the molecule is CCCCCc1c(-c2ccc(C)cc2)c(C(N)=O)c(C)n1CCCN(C)C. The lowest BCUT2D eigenvalue weighted by Gasteiger charge is -2.15. The molecule has 0 saturated heterocycles. The van der Waals surface area contributed by atoms with Gasteiger partial charge in [-0.1, -0.05) is 49.6 Å². The van der Waals surface area contributed by atoms with Gasteiger partial charge in [-0.25, -0.2) is 0 Å². The van der Waals surface area contributed by atoms with E-state index in [0.717, 1.165) is 49.2 Å². The average Bonchev–Trinajstić information content (AvgIpc) is 2.88. The first-order chi connectivity index (χ1) is 12.9. The molecule has 1 heterocycles. The number of rotatable bonds is 10. The molecule has 0 spiro atoms. The van der Waals surface area contributed by atoms with Crippen molar-refractivity contribution in [2.45, 2.75) is 59.4 Å². The average molecular weight is 370 g/mol. The number of unbranched alkanes of at least 4 members (excludes halogenated alkanes) is 2. The number of nitrogens with zero attached hydrogens (tertiary/aromatic N) is 2. The third kappa shape index (κ3) is 5.23. The van der Waals surface area contributed by atoms with Crippen LogP contribution in [0.1, 0.15) is 59.9 Å².